The first-order valence-corrected chi connectivity index (χ1v) is 5.50. The third-order valence-corrected chi connectivity index (χ3v) is 2.94. The third kappa shape index (κ3) is 2.65. The number of nitrogens with zero attached hydrogens (tertiary/aromatic N) is 2. The largest absolute Gasteiger partial charge is 0.354 e. The van der Waals surface area contributed by atoms with Crippen LogP contribution in [0.1, 0.15) is 17.7 Å². The Labute approximate surface area is 90.5 Å². The van der Waals surface area contributed by atoms with E-state index in [0.717, 1.165) is 42.8 Å². The van der Waals surface area contributed by atoms with E-state index in [9.17, 15) is 0 Å². The van der Waals surface area contributed by atoms with Crippen molar-refractivity contribution in [2.24, 2.45) is 5.92 Å². The lowest BCUT2D eigenvalue weighted by molar-refractivity contribution is 0.612. The van der Waals surface area contributed by atoms with Crippen LogP contribution in [0.15, 0.2) is 6.20 Å². The average molecular weight is 206 g/mol. The second-order valence-corrected chi connectivity index (χ2v) is 4.20. The van der Waals surface area contributed by atoms with Crippen molar-refractivity contribution < 1.29 is 0 Å². The molecule has 82 valence electrons. The predicted molar refractivity (Wildman–Crippen MR) is 61.0 cm³/mol. The summed E-state index contributed by atoms with van der Waals surface area (Å²) in [5, 5.41) is 6.64. The van der Waals surface area contributed by atoms with E-state index in [2.05, 4.69) is 20.6 Å². The van der Waals surface area contributed by atoms with Gasteiger partial charge in [0.15, 0.2) is 0 Å². The van der Waals surface area contributed by atoms with Gasteiger partial charge >= 0.3 is 0 Å². The number of hydrogen-bond donors (Lipinski definition) is 2. The van der Waals surface area contributed by atoms with Crippen molar-refractivity contribution in [2.45, 2.75) is 20.3 Å². The molecule has 2 N–H and O–H groups in total. The third-order valence-electron chi connectivity index (χ3n) is 2.94. The highest BCUT2D eigenvalue weighted by molar-refractivity contribution is 5.28. The van der Waals surface area contributed by atoms with Gasteiger partial charge in [-0.25, -0.2) is 9.97 Å². The van der Waals surface area contributed by atoms with Gasteiger partial charge in [-0.05, 0) is 44.8 Å². The molecular weight excluding hydrogens is 188 g/mol. The molecule has 0 saturated carbocycles. The monoisotopic (exact) mass is 206 g/mol. The number of anilines is 1. The SMILES string of the molecule is Cc1cnc(NCC2CCNC2)nc1C. The average Bonchev–Trinajstić information content (AvgIpc) is 2.73. The number of aromatic nitrogens is 2. The van der Waals surface area contributed by atoms with Gasteiger partial charge in [0.2, 0.25) is 5.95 Å². The van der Waals surface area contributed by atoms with Crippen molar-refractivity contribution in [3.8, 4) is 0 Å². The molecule has 1 aliphatic heterocycles. The second kappa shape index (κ2) is 4.57. The molecular formula is C11H18N4. The second-order valence-electron chi connectivity index (χ2n) is 4.20. The summed E-state index contributed by atoms with van der Waals surface area (Å²) in [6.45, 7) is 7.26. The van der Waals surface area contributed by atoms with Gasteiger partial charge in [0, 0.05) is 18.4 Å². The van der Waals surface area contributed by atoms with E-state index in [-0.39, 0.29) is 0 Å². The molecule has 1 saturated heterocycles. The Kier molecular flexibility index (Phi) is 3.16. The fraction of sp³-hybridized carbons (Fsp3) is 0.636. The fourth-order valence-corrected chi connectivity index (χ4v) is 1.74. The van der Waals surface area contributed by atoms with Crippen LogP contribution in [0.25, 0.3) is 0 Å². The molecule has 1 atom stereocenters. The molecule has 0 aromatic carbocycles. The van der Waals surface area contributed by atoms with E-state index in [4.69, 9.17) is 0 Å². The van der Waals surface area contributed by atoms with Crippen molar-refractivity contribution in [1.29, 1.82) is 0 Å². The zero-order valence-electron chi connectivity index (χ0n) is 9.38. The van der Waals surface area contributed by atoms with Crippen LogP contribution in [0.3, 0.4) is 0 Å². The fourth-order valence-electron chi connectivity index (χ4n) is 1.74. The van der Waals surface area contributed by atoms with Crippen LogP contribution in [0, 0.1) is 19.8 Å². The van der Waals surface area contributed by atoms with Crippen molar-refractivity contribution in [3.05, 3.63) is 17.5 Å². The summed E-state index contributed by atoms with van der Waals surface area (Å²) in [5.41, 5.74) is 2.19. The van der Waals surface area contributed by atoms with Crippen LogP contribution in [0.5, 0.6) is 0 Å². The molecule has 0 aliphatic carbocycles. The van der Waals surface area contributed by atoms with Crippen LogP contribution in [-0.4, -0.2) is 29.6 Å². The lowest BCUT2D eigenvalue weighted by Gasteiger charge is -2.10. The number of hydrogen-bond acceptors (Lipinski definition) is 4. The molecule has 0 bridgehead atoms. The van der Waals surface area contributed by atoms with Gasteiger partial charge in [-0.1, -0.05) is 0 Å². The van der Waals surface area contributed by atoms with Gasteiger partial charge < -0.3 is 10.6 Å². The van der Waals surface area contributed by atoms with E-state index in [0.29, 0.717) is 0 Å². The maximum Gasteiger partial charge on any atom is 0.222 e. The lowest BCUT2D eigenvalue weighted by Crippen LogP contribution is -2.18. The maximum atomic E-state index is 4.39. The van der Waals surface area contributed by atoms with Crippen molar-refractivity contribution in [3.63, 3.8) is 0 Å². The highest BCUT2D eigenvalue weighted by atomic mass is 15.1. The molecule has 4 heteroatoms. The predicted octanol–water partition coefficient (Wildman–Crippen LogP) is 1.11. The topological polar surface area (TPSA) is 49.8 Å². The van der Waals surface area contributed by atoms with Crippen LogP contribution >= 0.6 is 0 Å². The molecule has 1 aliphatic rings. The summed E-state index contributed by atoms with van der Waals surface area (Å²) < 4.78 is 0. The summed E-state index contributed by atoms with van der Waals surface area (Å²) in [4.78, 5) is 8.65. The molecule has 0 radical (unpaired) electrons. The van der Waals surface area contributed by atoms with Crippen molar-refractivity contribution >= 4 is 5.95 Å². The molecule has 2 heterocycles. The molecule has 1 aromatic heterocycles. The molecule has 0 amide bonds. The molecule has 2 rings (SSSR count). The molecule has 1 unspecified atom stereocenters. The molecule has 15 heavy (non-hydrogen) atoms. The van der Waals surface area contributed by atoms with Crippen LogP contribution in [-0.2, 0) is 0 Å². The Morgan fingerprint density at radius 3 is 3.07 bits per heavy atom. The summed E-state index contributed by atoms with van der Waals surface area (Å²) in [6, 6.07) is 0. The van der Waals surface area contributed by atoms with Gasteiger partial charge in [0.05, 0.1) is 0 Å². The normalized spacial score (nSPS) is 20.5. The highest BCUT2D eigenvalue weighted by Crippen LogP contribution is 2.09. The van der Waals surface area contributed by atoms with E-state index >= 15 is 0 Å². The van der Waals surface area contributed by atoms with Crippen LogP contribution < -0.4 is 10.6 Å². The quantitative estimate of drug-likeness (QED) is 0.778. The maximum absolute atomic E-state index is 4.39. The highest BCUT2D eigenvalue weighted by Gasteiger charge is 2.14. The zero-order valence-corrected chi connectivity index (χ0v) is 9.38. The zero-order chi connectivity index (χ0) is 10.7. The Bertz CT molecular complexity index is 331. The Balaban J connectivity index is 1.90. The molecule has 0 spiro atoms. The standard InChI is InChI=1S/C11H18N4/c1-8-5-13-11(15-9(8)2)14-7-10-3-4-12-6-10/h5,10,12H,3-4,6-7H2,1-2H3,(H,13,14,15). The lowest BCUT2D eigenvalue weighted by atomic mass is 10.1. The first-order chi connectivity index (χ1) is 7.25. The molecule has 1 aromatic rings. The minimum Gasteiger partial charge on any atom is -0.354 e. The van der Waals surface area contributed by atoms with Gasteiger partial charge in [0.1, 0.15) is 0 Å². The Morgan fingerprint density at radius 1 is 1.53 bits per heavy atom. The smallest absolute Gasteiger partial charge is 0.222 e. The van der Waals surface area contributed by atoms with E-state index in [1.165, 1.54) is 6.42 Å². The van der Waals surface area contributed by atoms with Crippen LogP contribution in [0.4, 0.5) is 5.95 Å². The van der Waals surface area contributed by atoms with E-state index in [1.54, 1.807) is 0 Å². The Morgan fingerprint density at radius 2 is 2.40 bits per heavy atom. The minimum absolute atomic E-state index is 0.718. The van der Waals surface area contributed by atoms with Crippen LogP contribution in [0.2, 0.25) is 0 Å². The number of rotatable bonds is 3. The summed E-state index contributed by atoms with van der Waals surface area (Å²) in [7, 11) is 0. The summed E-state index contributed by atoms with van der Waals surface area (Å²) in [5.74, 6) is 1.47. The number of aryl methyl sites for hydroxylation is 2. The number of nitrogens with one attached hydrogen (secondary N) is 2. The minimum atomic E-state index is 0.718. The Hall–Kier alpha value is -1.16. The van der Waals surface area contributed by atoms with E-state index < -0.39 is 0 Å². The van der Waals surface area contributed by atoms with Gasteiger partial charge in [0.25, 0.3) is 0 Å². The van der Waals surface area contributed by atoms with E-state index in [1.807, 2.05) is 20.0 Å². The summed E-state index contributed by atoms with van der Waals surface area (Å²) >= 11 is 0. The van der Waals surface area contributed by atoms with Crippen molar-refractivity contribution in [2.75, 3.05) is 25.0 Å². The summed E-state index contributed by atoms with van der Waals surface area (Å²) in [6.07, 6.45) is 3.12. The van der Waals surface area contributed by atoms with Gasteiger partial charge in [-0.15, -0.1) is 0 Å². The molecule has 4 nitrogen and oxygen atoms in total. The van der Waals surface area contributed by atoms with Crippen molar-refractivity contribution in [1.82, 2.24) is 15.3 Å². The first-order valence-electron chi connectivity index (χ1n) is 5.50. The van der Waals surface area contributed by atoms with Gasteiger partial charge in [-0.2, -0.15) is 0 Å². The van der Waals surface area contributed by atoms with Gasteiger partial charge in [-0.3, -0.25) is 0 Å². The molecule has 1 fully saturated rings. The first kappa shape index (κ1) is 10.4.